The Labute approximate surface area is 142 Å². The Bertz CT molecular complexity index is 689. The van der Waals surface area contributed by atoms with Crippen LogP contribution in [0.1, 0.15) is 10.4 Å². The molecule has 1 N–H and O–H groups in total. The fourth-order valence-corrected chi connectivity index (χ4v) is 2.69. The molecule has 0 aliphatic rings. The summed E-state index contributed by atoms with van der Waals surface area (Å²) in [4.78, 5) is 22.4. The largest absolute Gasteiger partial charge is 0.322 e. The van der Waals surface area contributed by atoms with E-state index >= 15 is 0 Å². The molecule has 0 aromatic heterocycles. The highest BCUT2D eigenvalue weighted by Crippen LogP contribution is 2.21. The minimum Gasteiger partial charge on any atom is -0.322 e. The third-order valence-electron chi connectivity index (χ3n) is 2.49. The van der Waals surface area contributed by atoms with E-state index in [9.17, 15) is 14.9 Å². The van der Waals surface area contributed by atoms with E-state index < -0.39 is 4.92 Å². The molecule has 0 saturated carbocycles. The lowest BCUT2D eigenvalue weighted by Crippen LogP contribution is -2.13. The van der Waals surface area contributed by atoms with Crippen LogP contribution in [-0.2, 0) is 0 Å². The number of nitrogens with one attached hydrogen (secondary N) is 1. The molecule has 102 valence electrons. The summed E-state index contributed by atoms with van der Waals surface area (Å²) < 4.78 is 1.66. The summed E-state index contributed by atoms with van der Waals surface area (Å²) in [6.07, 6.45) is 0. The maximum Gasteiger partial charge on any atom is 0.270 e. The van der Waals surface area contributed by atoms with Crippen LogP contribution in [0.25, 0.3) is 0 Å². The summed E-state index contributed by atoms with van der Waals surface area (Å²) in [5, 5.41) is 13.5. The molecule has 0 atom stereocenters. The first kappa shape index (κ1) is 15.2. The molecular weight excluding hydrogens is 486 g/mol. The molecule has 0 radical (unpaired) electrons. The number of rotatable bonds is 3. The molecule has 2 rings (SSSR count). The normalized spacial score (nSPS) is 10.1. The number of non-ortho nitro benzene ring substituents is 1. The molecule has 2 aromatic carbocycles. The Kier molecular flexibility index (Phi) is 4.91. The second-order valence-corrected chi connectivity index (χ2v) is 6.29. The third-order valence-corrected chi connectivity index (χ3v) is 4.10. The Balaban J connectivity index is 2.29. The second-order valence-electron chi connectivity index (χ2n) is 3.89. The monoisotopic (exact) mass is 494 g/mol. The maximum atomic E-state index is 12.2. The van der Waals surface area contributed by atoms with E-state index in [1.54, 1.807) is 12.1 Å². The van der Waals surface area contributed by atoms with E-state index in [2.05, 4.69) is 27.9 Å². The number of nitrogens with zero attached hydrogens (tertiary/aromatic N) is 1. The van der Waals surface area contributed by atoms with Crippen molar-refractivity contribution < 1.29 is 9.72 Å². The van der Waals surface area contributed by atoms with Crippen molar-refractivity contribution in [3.05, 3.63) is 65.3 Å². The maximum absolute atomic E-state index is 12.2. The van der Waals surface area contributed by atoms with Gasteiger partial charge in [0.2, 0.25) is 0 Å². The fourth-order valence-electron chi connectivity index (χ4n) is 1.57. The zero-order chi connectivity index (χ0) is 14.7. The van der Waals surface area contributed by atoms with Gasteiger partial charge in [0.15, 0.2) is 0 Å². The summed E-state index contributed by atoms with van der Waals surface area (Å²) >= 11 is 4.13. The summed E-state index contributed by atoms with van der Waals surface area (Å²) in [5.41, 5.74) is 0.848. The number of anilines is 1. The molecular formula is C13H8I2N2O3. The van der Waals surface area contributed by atoms with Crippen LogP contribution in [0.4, 0.5) is 11.4 Å². The Morgan fingerprint density at radius 3 is 2.55 bits per heavy atom. The molecule has 20 heavy (non-hydrogen) atoms. The smallest absolute Gasteiger partial charge is 0.270 e. The van der Waals surface area contributed by atoms with Gasteiger partial charge < -0.3 is 5.32 Å². The molecule has 0 aliphatic carbocycles. The van der Waals surface area contributed by atoms with Crippen LogP contribution in [0.2, 0.25) is 0 Å². The number of amides is 1. The van der Waals surface area contributed by atoms with Crippen molar-refractivity contribution in [2.75, 3.05) is 5.32 Å². The molecule has 0 spiro atoms. The van der Waals surface area contributed by atoms with Crippen LogP contribution in [0, 0.1) is 17.3 Å². The van der Waals surface area contributed by atoms with Gasteiger partial charge in [0.1, 0.15) is 0 Å². The minimum atomic E-state index is -0.516. The van der Waals surface area contributed by atoms with Gasteiger partial charge in [-0.05, 0) is 69.4 Å². The van der Waals surface area contributed by atoms with Crippen molar-refractivity contribution in [3.8, 4) is 0 Å². The summed E-state index contributed by atoms with van der Waals surface area (Å²) in [6.45, 7) is 0. The Hall–Kier alpha value is -1.23. The van der Waals surface area contributed by atoms with E-state index in [0.29, 0.717) is 14.8 Å². The van der Waals surface area contributed by atoms with E-state index in [4.69, 9.17) is 0 Å². The van der Waals surface area contributed by atoms with Crippen LogP contribution < -0.4 is 5.32 Å². The first-order chi connectivity index (χ1) is 9.47. The Morgan fingerprint density at radius 1 is 1.15 bits per heavy atom. The van der Waals surface area contributed by atoms with Crippen molar-refractivity contribution in [2.24, 2.45) is 0 Å². The topological polar surface area (TPSA) is 72.2 Å². The number of hydrogen-bond donors (Lipinski definition) is 1. The molecule has 7 heteroatoms. The molecule has 0 bridgehead atoms. The van der Waals surface area contributed by atoms with Crippen molar-refractivity contribution in [1.82, 2.24) is 0 Å². The number of halogens is 2. The lowest BCUT2D eigenvalue weighted by Gasteiger charge is -2.07. The van der Waals surface area contributed by atoms with Gasteiger partial charge in [-0.1, -0.05) is 6.07 Å². The SMILES string of the molecule is O=C(Nc1cccc(I)c1)c1cc([N+](=O)[O-])ccc1I. The molecule has 0 unspecified atom stereocenters. The minimum absolute atomic E-state index is 0.0989. The molecule has 0 aliphatic heterocycles. The van der Waals surface area contributed by atoms with Gasteiger partial charge in [0.05, 0.1) is 10.5 Å². The highest BCUT2D eigenvalue weighted by atomic mass is 127. The Morgan fingerprint density at radius 2 is 1.90 bits per heavy atom. The van der Waals surface area contributed by atoms with Crippen LogP contribution >= 0.6 is 45.2 Å². The third kappa shape index (κ3) is 3.66. The first-order valence-corrected chi connectivity index (χ1v) is 7.64. The van der Waals surface area contributed by atoms with Gasteiger partial charge in [-0.3, -0.25) is 14.9 Å². The van der Waals surface area contributed by atoms with Gasteiger partial charge in [-0.25, -0.2) is 0 Å². The number of carbonyl (C=O) groups excluding carboxylic acids is 1. The fraction of sp³-hybridized carbons (Fsp3) is 0. The van der Waals surface area contributed by atoms with Crippen LogP contribution in [0.15, 0.2) is 42.5 Å². The van der Waals surface area contributed by atoms with Crippen LogP contribution in [0.3, 0.4) is 0 Å². The lowest BCUT2D eigenvalue weighted by atomic mass is 10.2. The summed E-state index contributed by atoms with van der Waals surface area (Å²) in [7, 11) is 0. The average Bonchev–Trinajstić information content (AvgIpc) is 2.38. The number of hydrogen-bond acceptors (Lipinski definition) is 3. The summed E-state index contributed by atoms with van der Waals surface area (Å²) in [5.74, 6) is -0.361. The van der Waals surface area contributed by atoms with Gasteiger partial charge in [0, 0.05) is 25.0 Å². The summed E-state index contributed by atoms with van der Waals surface area (Å²) in [6, 6.07) is 11.5. The van der Waals surface area contributed by atoms with Gasteiger partial charge in [-0.2, -0.15) is 0 Å². The molecule has 0 fully saturated rings. The lowest BCUT2D eigenvalue weighted by molar-refractivity contribution is -0.384. The number of carbonyl (C=O) groups is 1. The van der Waals surface area contributed by atoms with Gasteiger partial charge in [-0.15, -0.1) is 0 Å². The highest BCUT2D eigenvalue weighted by Gasteiger charge is 2.15. The second kappa shape index (κ2) is 6.48. The molecule has 2 aromatic rings. The molecule has 0 heterocycles. The van der Waals surface area contributed by atoms with Crippen LogP contribution in [0.5, 0.6) is 0 Å². The molecule has 1 amide bonds. The van der Waals surface area contributed by atoms with Crippen molar-refractivity contribution in [1.29, 1.82) is 0 Å². The predicted octanol–water partition coefficient (Wildman–Crippen LogP) is 4.06. The number of nitro groups is 1. The highest BCUT2D eigenvalue weighted by molar-refractivity contribution is 14.1. The van der Waals surface area contributed by atoms with Crippen LogP contribution in [-0.4, -0.2) is 10.8 Å². The zero-order valence-electron chi connectivity index (χ0n) is 9.97. The first-order valence-electron chi connectivity index (χ1n) is 5.48. The quantitative estimate of drug-likeness (QED) is 0.398. The predicted molar refractivity (Wildman–Crippen MR) is 92.9 cm³/mol. The van der Waals surface area contributed by atoms with Gasteiger partial charge >= 0.3 is 0 Å². The van der Waals surface area contributed by atoms with E-state index in [-0.39, 0.29) is 11.6 Å². The number of benzene rings is 2. The standard InChI is InChI=1S/C13H8I2N2O3/c14-8-2-1-3-9(6-8)16-13(18)11-7-10(17(19)20)4-5-12(11)15/h1-7H,(H,16,18). The number of nitro benzene ring substituents is 1. The van der Waals surface area contributed by atoms with E-state index in [0.717, 1.165) is 3.57 Å². The van der Waals surface area contributed by atoms with Crippen molar-refractivity contribution in [3.63, 3.8) is 0 Å². The molecule has 5 nitrogen and oxygen atoms in total. The average molecular weight is 494 g/mol. The van der Waals surface area contributed by atoms with Crippen molar-refractivity contribution in [2.45, 2.75) is 0 Å². The van der Waals surface area contributed by atoms with Crippen molar-refractivity contribution >= 4 is 62.5 Å². The van der Waals surface area contributed by atoms with E-state index in [1.165, 1.54) is 12.1 Å². The van der Waals surface area contributed by atoms with Gasteiger partial charge in [0.25, 0.3) is 11.6 Å². The molecule has 0 saturated heterocycles. The van der Waals surface area contributed by atoms with E-state index in [1.807, 2.05) is 40.8 Å². The zero-order valence-corrected chi connectivity index (χ0v) is 14.3.